The molecule has 0 radical (unpaired) electrons. The van der Waals surface area contributed by atoms with Crippen molar-refractivity contribution in [3.05, 3.63) is 66.4 Å². The summed E-state index contributed by atoms with van der Waals surface area (Å²) in [6.45, 7) is 3.32. The van der Waals surface area contributed by atoms with E-state index in [1.165, 1.54) is 5.56 Å². The van der Waals surface area contributed by atoms with E-state index in [-0.39, 0.29) is 12.0 Å². The van der Waals surface area contributed by atoms with Gasteiger partial charge in [-0.2, -0.15) is 0 Å². The molecule has 4 heterocycles. The Kier molecular flexibility index (Phi) is 4.58. The zero-order valence-electron chi connectivity index (χ0n) is 14.7. The molecule has 0 aliphatic carbocycles. The summed E-state index contributed by atoms with van der Waals surface area (Å²) in [6, 6.07) is 9.82. The highest BCUT2D eigenvalue weighted by molar-refractivity contribution is 5.57. The molecule has 1 aliphatic rings. The lowest BCUT2D eigenvalue weighted by Gasteiger charge is -2.18. The van der Waals surface area contributed by atoms with E-state index in [2.05, 4.69) is 19.9 Å². The summed E-state index contributed by atoms with van der Waals surface area (Å²) in [6.07, 6.45) is 7.55. The fraction of sp³-hybridized carbons (Fsp3) is 0.300. The predicted octanol–water partition coefficient (Wildman–Crippen LogP) is 2.28. The van der Waals surface area contributed by atoms with E-state index in [1.807, 2.05) is 37.3 Å². The molecule has 0 amide bonds. The van der Waals surface area contributed by atoms with Crippen LogP contribution in [0, 0.1) is 12.8 Å². The van der Waals surface area contributed by atoms with E-state index in [4.69, 9.17) is 4.98 Å². The van der Waals surface area contributed by atoms with Gasteiger partial charge in [0.05, 0.1) is 6.10 Å². The SMILES string of the molecule is Cc1cc(N2C[C@@H](Cc3ccncc3)[C@H](O)C2)nc(-c2cccnc2)n1. The van der Waals surface area contributed by atoms with E-state index in [1.54, 1.807) is 24.8 Å². The Morgan fingerprint density at radius 2 is 1.92 bits per heavy atom. The maximum absolute atomic E-state index is 10.5. The van der Waals surface area contributed by atoms with Gasteiger partial charge in [0.2, 0.25) is 0 Å². The van der Waals surface area contributed by atoms with Gasteiger partial charge in [0.15, 0.2) is 5.82 Å². The molecule has 3 aromatic heterocycles. The van der Waals surface area contributed by atoms with Crippen molar-refractivity contribution in [3.63, 3.8) is 0 Å². The summed E-state index contributed by atoms with van der Waals surface area (Å²) in [5.41, 5.74) is 2.99. The Morgan fingerprint density at radius 1 is 1.08 bits per heavy atom. The number of rotatable bonds is 4. The van der Waals surface area contributed by atoms with Crippen LogP contribution < -0.4 is 4.90 Å². The van der Waals surface area contributed by atoms with Crippen LogP contribution in [0.2, 0.25) is 0 Å². The molecule has 2 atom stereocenters. The monoisotopic (exact) mass is 347 g/mol. The van der Waals surface area contributed by atoms with Crippen LogP contribution in [0.25, 0.3) is 11.4 Å². The first-order valence-electron chi connectivity index (χ1n) is 8.77. The third-order valence-electron chi connectivity index (χ3n) is 4.74. The van der Waals surface area contributed by atoms with Gasteiger partial charge in [0.1, 0.15) is 5.82 Å². The molecule has 6 heteroatoms. The highest BCUT2D eigenvalue weighted by Crippen LogP contribution is 2.27. The number of aromatic nitrogens is 4. The molecule has 26 heavy (non-hydrogen) atoms. The third kappa shape index (κ3) is 3.55. The molecule has 4 rings (SSSR count). The summed E-state index contributed by atoms with van der Waals surface area (Å²) in [7, 11) is 0. The number of aliphatic hydroxyl groups excluding tert-OH is 1. The van der Waals surface area contributed by atoms with E-state index in [0.717, 1.165) is 30.0 Å². The van der Waals surface area contributed by atoms with Crippen molar-refractivity contribution >= 4 is 5.82 Å². The molecule has 0 bridgehead atoms. The van der Waals surface area contributed by atoms with Crippen LogP contribution in [0.15, 0.2) is 55.1 Å². The molecule has 0 unspecified atom stereocenters. The summed E-state index contributed by atoms with van der Waals surface area (Å²) < 4.78 is 0. The van der Waals surface area contributed by atoms with Gasteiger partial charge in [-0.15, -0.1) is 0 Å². The average molecular weight is 347 g/mol. The van der Waals surface area contributed by atoms with Gasteiger partial charge in [0, 0.05) is 61.1 Å². The number of nitrogens with zero attached hydrogens (tertiary/aromatic N) is 5. The van der Waals surface area contributed by atoms with Gasteiger partial charge < -0.3 is 10.0 Å². The third-order valence-corrected chi connectivity index (χ3v) is 4.74. The summed E-state index contributed by atoms with van der Waals surface area (Å²) in [5.74, 6) is 1.70. The second-order valence-electron chi connectivity index (χ2n) is 6.72. The highest BCUT2D eigenvalue weighted by Gasteiger charge is 2.32. The smallest absolute Gasteiger partial charge is 0.163 e. The lowest BCUT2D eigenvalue weighted by molar-refractivity contribution is 0.148. The first-order chi connectivity index (χ1) is 12.7. The summed E-state index contributed by atoms with van der Waals surface area (Å²) in [5, 5.41) is 10.5. The Hall–Kier alpha value is -2.86. The minimum Gasteiger partial charge on any atom is -0.391 e. The van der Waals surface area contributed by atoms with E-state index >= 15 is 0 Å². The van der Waals surface area contributed by atoms with Crippen molar-refractivity contribution in [1.29, 1.82) is 0 Å². The summed E-state index contributed by atoms with van der Waals surface area (Å²) >= 11 is 0. The van der Waals surface area contributed by atoms with Crippen molar-refractivity contribution in [2.45, 2.75) is 19.4 Å². The van der Waals surface area contributed by atoms with Gasteiger partial charge >= 0.3 is 0 Å². The molecule has 1 saturated heterocycles. The second-order valence-corrected chi connectivity index (χ2v) is 6.72. The normalized spacial score (nSPS) is 19.7. The highest BCUT2D eigenvalue weighted by atomic mass is 16.3. The first-order valence-corrected chi connectivity index (χ1v) is 8.77. The molecule has 0 spiro atoms. The number of aryl methyl sites for hydroxylation is 1. The number of aliphatic hydroxyl groups is 1. The van der Waals surface area contributed by atoms with Crippen LogP contribution in [-0.2, 0) is 6.42 Å². The van der Waals surface area contributed by atoms with Gasteiger partial charge in [0.25, 0.3) is 0 Å². The molecule has 132 valence electrons. The Bertz CT molecular complexity index is 872. The van der Waals surface area contributed by atoms with Crippen LogP contribution in [0.4, 0.5) is 5.82 Å². The summed E-state index contributed by atoms with van der Waals surface area (Å²) in [4.78, 5) is 19.6. The maximum Gasteiger partial charge on any atom is 0.163 e. The van der Waals surface area contributed by atoms with Crippen molar-refractivity contribution in [3.8, 4) is 11.4 Å². The van der Waals surface area contributed by atoms with Crippen LogP contribution in [0.5, 0.6) is 0 Å². The number of hydrogen-bond acceptors (Lipinski definition) is 6. The van der Waals surface area contributed by atoms with Crippen LogP contribution in [0.3, 0.4) is 0 Å². The minimum atomic E-state index is -0.375. The van der Waals surface area contributed by atoms with E-state index in [0.29, 0.717) is 12.4 Å². The fourth-order valence-corrected chi connectivity index (χ4v) is 3.40. The fourth-order valence-electron chi connectivity index (χ4n) is 3.40. The van der Waals surface area contributed by atoms with Crippen molar-refractivity contribution in [1.82, 2.24) is 19.9 Å². The van der Waals surface area contributed by atoms with Crippen molar-refractivity contribution in [2.24, 2.45) is 5.92 Å². The van der Waals surface area contributed by atoms with Crippen molar-refractivity contribution in [2.75, 3.05) is 18.0 Å². The topological polar surface area (TPSA) is 75.0 Å². The Balaban J connectivity index is 1.55. The molecule has 1 aliphatic heterocycles. The zero-order chi connectivity index (χ0) is 17.9. The molecule has 1 fully saturated rings. The molecule has 3 aromatic rings. The van der Waals surface area contributed by atoms with Gasteiger partial charge in [-0.1, -0.05) is 0 Å². The van der Waals surface area contributed by atoms with Gasteiger partial charge in [-0.25, -0.2) is 9.97 Å². The number of β-amino-alcohol motifs (C(OH)–C–C–N with tert-alkyl or cyclic N) is 1. The van der Waals surface area contributed by atoms with Gasteiger partial charge in [-0.05, 0) is 43.2 Å². The molecule has 1 N–H and O–H groups in total. The molecular formula is C20H21N5O. The first kappa shape index (κ1) is 16.6. The van der Waals surface area contributed by atoms with E-state index < -0.39 is 0 Å². The molecular weight excluding hydrogens is 326 g/mol. The second kappa shape index (κ2) is 7.17. The molecule has 0 aromatic carbocycles. The standard InChI is InChI=1S/C20H21N5O/c1-14-9-19(24-20(23-14)16-3-2-6-22-11-16)25-12-17(18(26)13-25)10-15-4-7-21-8-5-15/h2-9,11,17-18,26H,10,12-13H2,1H3/t17-,18-/m1/s1. The molecule has 6 nitrogen and oxygen atoms in total. The minimum absolute atomic E-state index is 0.175. The van der Waals surface area contributed by atoms with E-state index in [9.17, 15) is 5.11 Å². The van der Waals surface area contributed by atoms with Crippen molar-refractivity contribution < 1.29 is 5.11 Å². The van der Waals surface area contributed by atoms with Gasteiger partial charge in [-0.3, -0.25) is 9.97 Å². The zero-order valence-corrected chi connectivity index (χ0v) is 14.7. The lowest BCUT2D eigenvalue weighted by atomic mass is 9.97. The molecule has 0 saturated carbocycles. The predicted molar refractivity (Wildman–Crippen MR) is 99.7 cm³/mol. The van der Waals surface area contributed by atoms with Crippen LogP contribution in [0.1, 0.15) is 11.3 Å². The Morgan fingerprint density at radius 3 is 2.69 bits per heavy atom. The van der Waals surface area contributed by atoms with Crippen LogP contribution in [-0.4, -0.2) is 44.2 Å². The number of anilines is 1. The average Bonchev–Trinajstić information content (AvgIpc) is 3.03. The van der Waals surface area contributed by atoms with Crippen LogP contribution >= 0.6 is 0 Å². The number of pyridine rings is 2. The maximum atomic E-state index is 10.5. The number of hydrogen-bond donors (Lipinski definition) is 1. The Labute approximate surface area is 152 Å². The quantitative estimate of drug-likeness (QED) is 0.780. The lowest BCUT2D eigenvalue weighted by Crippen LogP contribution is -2.22. The largest absolute Gasteiger partial charge is 0.391 e.